The van der Waals surface area contributed by atoms with E-state index < -0.39 is 0 Å². The number of hydrogen-bond acceptors (Lipinski definition) is 4. The fraction of sp³-hybridized carbons (Fsp3) is 0.579. The van der Waals surface area contributed by atoms with Crippen LogP contribution in [0.5, 0.6) is 0 Å². The van der Waals surface area contributed by atoms with Gasteiger partial charge in [-0.2, -0.15) is 0 Å². The standard InChI is InChI=1S/C19H28N4O2.2ClH/c20-17-7-6-16(12-17)19(25)23-10-8-22(9-11-23)14-18(24)21-13-15-4-2-1-3-5-15;;/h1-5,16-17H,6-14,20H2,(H,21,24);2*1H. The number of piperazine rings is 1. The predicted octanol–water partition coefficient (Wildman–Crippen LogP) is 1.42. The first-order valence-electron chi connectivity index (χ1n) is 9.19. The van der Waals surface area contributed by atoms with Crippen LogP contribution >= 0.6 is 24.8 Å². The largest absolute Gasteiger partial charge is 0.351 e. The van der Waals surface area contributed by atoms with Crippen molar-refractivity contribution in [3.05, 3.63) is 35.9 Å². The molecule has 1 aliphatic heterocycles. The molecule has 0 bridgehead atoms. The second-order valence-corrected chi connectivity index (χ2v) is 7.13. The zero-order valence-electron chi connectivity index (χ0n) is 15.5. The zero-order valence-corrected chi connectivity index (χ0v) is 17.1. The second kappa shape index (κ2) is 11.5. The van der Waals surface area contributed by atoms with Gasteiger partial charge in [0.15, 0.2) is 0 Å². The van der Waals surface area contributed by atoms with Gasteiger partial charge in [0.1, 0.15) is 0 Å². The molecule has 3 rings (SSSR count). The summed E-state index contributed by atoms with van der Waals surface area (Å²) in [5.41, 5.74) is 7.01. The Bertz CT molecular complexity index is 595. The molecule has 0 spiro atoms. The van der Waals surface area contributed by atoms with Gasteiger partial charge < -0.3 is 16.0 Å². The topological polar surface area (TPSA) is 78.7 Å². The molecule has 6 nitrogen and oxygen atoms in total. The Labute approximate surface area is 173 Å². The lowest BCUT2D eigenvalue weighted by Gasteiger charge is -2.35. The molecule has 1 saturated heterocycles. The SMILES string of the molecule is Cl.Cl.NC1CCC(C(=O)N2CCN(CC(=O)NCc3ccccc3)CC2)C1. The summed E-state index contributed by atoms with van der Waals surface area (Å²) >= 11 is 0. The van der Waals surface area contributed by atoms with Crippen LogP contribution in [-0.2, 0) is 16.1 Å². The fourth-order valence-electron chi connectivity index (χ4n) is 3.68. The molecule has 8 heteroatoms. The van der Waals surface area contributed by atoms with Crippen molar-refractivity contribution in [1.29, 1.82) is 0 Å². The molecule has 2 fully saturated rings. The average molecular weight is 417 g/mol. The van der Waals surface area contributed by atoms with Crippen molar-refractivity contribution in [3.8, 4) is 0 Å². The molecule has 0 aromatic heterocycles. The maximum absolute atomic E-state index is 12.5. The third-order valence-electron chi connectivity index (χ3n) is 5.21. The van der Waals surface area contributed by atoms with E-state index in [9.17, 15) is 9.59 Å². The van der Waals surface area contributed by atoms with E-state index in [1.807, 2.05) is 35.2 Å². The summed E-state index contributed by atoms with van der Waals surface area (Å²) in [7, 11) is 0. The Morgan fingerprint density at radius 2 is 1.70 bits per heavy atom. The quantitative estimate of drug-likeness (QED) is 0.760. The molecule has 1 aromatic carbocycles. The van der Waals surface area contributed by atoms with Gasteiger partial charge in [0, 0.05) is 44.7 Å². The molecule has 152 valence electrons. The van der Waals surface area contributed by atoms with E-state index >= 15 is 0 Å². The number of nitrogens with zero attached hydrogens (tertiary/aromatic N) is 2. The van der Waals surface area contributed by atoms with E-state index in [2.05, 4.69) is 10.2 Å². The summed E-state index contributed by atoms with van der Waals surface area (Å²) in [6, 6.07) is 10.1. The maximum Gasteiger partial charge on any atom is 0.234 e. The fourth-order valence-corrected chi connectivity index (χ4v) is 3.68. The van der Waals surface area contributed by atoms with Gasteiger partial charge in [0.2, 0.25) is 11.8 Å². The van der Waals surface area contributed by atoms with Gasteiger partial charge in [-0.05, 0) is 24.8 Å². The smallest absolute Gasteiger partial charge is 0.234 e. The third-order valence-corrected chi connectivity index (χ3v) is 5.21. The molecule has 1 saturated carbocycles. The average Bonchev–Trinajstić information content (AvgIpc) is 3.07. The number of carbonyl (C=O) groups excluding carboxylic acids is 2. The summed E-state index contributed by atoms with van der Waals surface area (Å²) in [4.78, 5) is 28.7. The van der Waals surface area contributed by atoms with Crippen LogP contribution in [-0.4, -0.2) is 60.4 Å². The Morgan fingerprint density at radius 1 is 1.04 bits per heavy atom. The number of amides is 2. The number of hydrogen-bond donors (Lipinski definition) is 2. The number of nitrogens with two attached hydrogens (primary N) is 1. The van der Waals surface area contributed by atoms with Gasteiger partial charge in [-0.3, -0.25) is 14.5 Å². The Hall–Kier alpha value is -1.34. The van der Waals surface area contributed by atoms with E-state index in [0.717, 1.165) is 37.9 Å². The highest BCUT2D eigenvalue weighted by molar-refractivity contribution is 5.85. The molecule has 2 aliphatic rings. The highest BCUT2D eigenvalue weighted by Gasteiger charge is 2.32. The van der Waals surface area contributed by atoms with Crippen molar-refractivity contribution < 1.29 is 9.59 Å². The van der Waals surface area contributed by atoms with Crippen LogP contribution in [0.4, 0.5) is 0 Å². The van der Waals surface area contributed by atoms with Crippen molar-refractivity contribution in [2.45, 2.75) is 31.8 Å². The molecule has 1 aliphatic carbocycles. The van der Waals surface area contributed by atoms with Crippen LogP contribution in [0.25, 0.3) is 0 Å². The summed E-state index contributed by atoms with van der Waals surface area (Å²) in [6.07, 6.45) is 2.70. The summed E-state index contributed by atoms with van der Waals surface area (Å²) in [5, 5.41) is 2.95. The van der Waals surface area contributed by atoms with Crippen LogP contribution in [0, 0.1) is 5.92 Å². The van der Waals surface area contributed by atoms with E-state index in [4.69, 9.17) is 5.73 Å². The molecule has 27 heavy (non-hydrogen) atoms. The minimum Gasteiger partial charge on any atom is -0.351 e. The van der Waals surface area contributed by atoms with Crippen LogP contribution in [0.1, 0.15) is 24.8 Å². The molecular weight excluding hydrogens is 387 g/mol. The lowest BCUT2D eigenvalue weighted by Crippen LogP contribution is -2.52. The third kappa shape index (κ3) is 6.96. The van der Waals surface area contributed by atoms with Gasteiger partial charge in [-0.25, -0.2) is 0 Å². The zero-order chi connectivity index (χ0) is 17.6. The van der Waals surface area contributed by atoms with E-state index in [1.165, 1.54) is 0 Å². The molecule has 1 aromatic rings. The minimum absolute atomic E-state index is 0. The first-order chi connectivity index (χ1) is 12.1. The van der Waals surface area contributed by atoms with Gasteiger partial charge in [0.05, 0.1) is 6.54 Å². The number of halogens is 2. The molecular formula is C19H30Cl2N4O2. The van der Waals surface area contributed by atoms with Gasteiger partial charge >= 0.3 is 0 Å². The van der Waals surface area contributed by atoms with E-state index in [0.29, 0.717) is 26.2 Å². The lowest BCUT2D eigenvalue weighted by atomic mass is 10.1. The van der Waals surface area contributed by atoms with Crippen molar-refractivity contribution in [3.63, 3.8) is 0 Å². The van der Waals surface area contributed by atoms with Gasteiger partial charge in [0.25, 0.3) is 0 Å². The summed E-state index contributed by atoms with van der Waals surface area (Å²) in [5.74, 6) is 0.391. The summed E-state index contributed by atoms with van der Waals surface area (Å²) in [6.45, 7) is 3.86. The summed E-state index contributed by atoms with van der Waals surface area (Å²) < 4.78 is 0. The first kappa shape index (κ1) is 23.7. The number of rotatable bonds is 5. The van der Waals surface area contributed by atoms with Gasteiger partial charge in [-0.1, -0.05) is 30.3 Å². The van der Waals surface area contributed by atoms with Gasteiger partial charge in [-0.15, -0.1) is 24.8 Å². The van der Waals surface area contributed by atoms with Crippen molar-refractivity contribution >= 4 is 36.6 Å². The molecule has 2 atom stereocenters. The Kier molecular flexibility index (Phi) is 10.1. The van der Waals surface area contributed by atoms with Crippen molar-refractivity contribution in [2.75, 3.05) is 32.7 Å². The van der Waals surface area contributed by atoms with Crippen LogP contribution in [0.2, 0.25) is 0 Å². The molecule has 1 heterocycles. The molecule has 0 radical (unpaired) electrons. The number of benzene rings is 1. The molecule has 2 unspecified atom stereocenters. The van der Waals surface area contributed by atoms with E-state index in [-0.39, 0.29) is 48.6 Å². The Balaban J connectivity index is 0.00000182. The van der Waals surface area contributed by atoms with Crippen LogP contribution in [0.3, 0.4) is 0 Å². The van der Waals surface area contributed by atoms with Crippen molar-refractivity contribution in [2.24, 2.45) is 11.7 Å². The molecule has 2 amide bonds. The van der Waals surface area contributed by atoms with Crippen molar-refractivity contribution in [1.82, 2.24) is 15.1 Å². The van der Waals surface area contributed by atoms with E-state index in [1.54, 1.807) is 0 Å². The minimum atomic E-state index is 0. The Morgan fingerprint density at radius 3 is 2.30 bits per heavy atom. The normalized spacial score (nSPS) is 22.5. The number of nitrogens with one attached hydrogen (secondary N) is 1. The maximum atomic E-state index is 12.5. The monoisotopic (exact) mass is 416 g/mol. The lowest BCUT2D eigenvalue weighted by molar-refractivity contribution is -0.137. The highest BCUT2D eigenvalue weighted by atomic mass is 35.5. The van der Waals surface area contributed by atoms with Crippen LogP contribution < -0.4 is 11.1 Å². The first-order valence-corrected chi connectivity index (χ1v) is 9.19. The van der Waals surface area contributed by atoms with Crippen LogP contribution in [0.15, 0.2) is 30.3 Å². The second-order valence-electron chi connectivity index (χ2n) is 7.13. The number of carbonyl (C=O) groups is 2. The highest BCUT2D eigenvalue weighted by Crippen LogP contribution is 2.26. The predicted molar refractivity (Wildman–Crippen MR) is 111 cm³/mol. The molecule has 3 N–H and O–H groups in total.